The lowest BCUT2D eigenvalue weighted by Crippen LogP contribution is -2.03. The Hall–Kier alpha value is -2.28. The van der Waals surface area contributed by atoms with Crippen molar-refractivity contribution in [2.75, 3.05) is 0 Å². The van der Waals surface area contributed by atoms with Gasteiger partial charge >= 0.3 is 0 Å². The van der Waals surface area contributed by atoms with Gasteiger partial charge in [-0.05, 0) is 19.9 Å². The zero-order valence-corrected chi connectivity index (χ0v) is 10.7. The lowest BCUT2D eigenvalue weighted by atomic mass is 10.2. The zero-order valence-electron chi connectivity index (χ0n) is 10.7. The predicted octanol–water partition coefficient (Wildman–Crippen LogP) is 1.52. The first-order chi connectivity index (χ1) is 9.19. The Balaban J connectivity index is 2.07. The lowest BCUT2D eigenvalue weighted by Gasteiger charge is -2.05. The van der Waals surface area contributed by atoms with Crippen molar-refractivity contribution in [1.82, 2.24) is 24.9 Å². The molecule has 0 spiro atoms. The molecule has 0 aromatic carbocycles. The van der Waals surface area contributed by atoms with E-state index in [4.69, 9.17) is 10.3 Å². The molecular weight excluding hydrogens is 244 g/mol. The molecule has 0 aliphatic rings. The number of fused-ring (bicyclic) bond motifs is 1. The second kappa shape index (κ2) is 4.43. The summed E-state index contributed by atoms with van der Waals surface area (Å²) in [6.07, 6.45) is 3.49. The van der Waals surface area contributed by atoms with Crippen LogP contribution in [0.5, 0.6) is 0 Å². The molecule has 0 amide bonds. The number of nitrogens with zero attached hydrogens (tertiary/aromatic N) is 5. The normalized spacial score (nSPS) is 11.6. The van der Waals surface area contributed by atoms with Crippen molar-refractivity contribution in [3.8, 4) is 11.5 Å². The van der Waals surface area contributed by atoms with Crippen molar-refractivity contribution in [2.45, 2.75) is 26.4 Å². The molecule has 0 radical (unpaired) electrons. The number of hydrogen-bond acceptors (Lipinski definition) is 6. The van der Waals surface area contributed by atoms with Crippen LogP contribution >= 0.6 is 0 Å². The highest BCUT2D eigenvalue weighted by molar-refractivity contribution is 5.79. The molecular formula is C12H14N6O. The van der Waals surface area contributed by atoms with E-state index in [0.29, 0.717) is 11.7 Å². The zero-order chi connectivity index (χ0) is 13.4. The minimum Gasteiger partial charge on any atom is -0.334 e. The molecule has 19 heavy (non-hydrogen) atoms. The average molecular weight is 258 g/mol. The molecule has 0 unspecified atom stereocenters. The van der Waals surface area contributed by atoms with Crippen LogP contribution in [-0.2, 0) is 6.54 Å². The smallest absolute Gasteiger partial charge is 0.259 e. The van der Waals surface area contributed by atoms with E-state index in [-0.39, 0.29) is 12.6 Å². The first-order valence-corrected chi connectivity index (χ1v) is 6.05. The van der Waals surface area contributed by atoms with Gasteiger partial charge in [0.25, 0.3) is 5.89 Å². The number of pyridine rings is 1. The van der Waals surface area contributed by atoms with Crippen molar-refractivity contribution in [3.63, 3.8) is 0 Å². The van der Waals surface area contributed by atoms with Crippen LogP contribution in [0.4, 0.5) is 0 Å². The third-order valence-electron chi connectivity index (χ3n) is 2.82. The molecule has 7 nitrogen and oxygen atoms in total. The van der Waals surface area contributed by atoms with E-state index in [1.807, 2.05) is 10.7 Å². The Kier molecular flexibility index (Phi) is 2.75. The fourth-order valence-electron chi connectivity index (χ4n) is 1.89. The van der Waals surface area contributed by atoms with Gasteiger partial charge < -0.3 is 10.3 Å². The topological polar surface area (TPSA) is 95.7 Å². The number of nitrogens with two attached hydrogens (primary N) is 1. The van der Waals surface area contributed by atoms with E-state index in [1.54, 1.807) is 12.4 Å². The highest BCUT2D eigenvalue weighted by Gasteiger charge is 2.12. The summed E-state index contributed by atoms with van der Waals surface area (Å²) < 4.78 is 7.01. The van der Waals surface area contributed by atoms with Gasteiger partial charge in [0, 0.05) is 17.6 Å². The largest absolute Gasteiger partial charge is 0.334 e. The molecule has 3 rings (SSSR count). The monoisotopic (exact) mass is 258 g/mol. The van der Waals surface area contributed by atoms with Crippen LogP contribution in [0.1, 0.15) is 25.7 Å². The Morgan fingerprint density at radius 3 is 2.89 bits per heavy atom. The molecule has 0 aliphatic heterocycles. The maximum Gasteiger partial charge on any atom is 0.259 e. The van der Waals surface area contributed by atoms with Gasteiger partial charge in [-0.2, -0.15) is 10.1 Å². The van der Waals surface area contributed by atoms with Crippen molar-refractivity contribution < 1.29 is 4.52 Å². The van der Waals surface area contributed by atoms with E-state index in [2.05, 4.69) is 34.1 Å². The second-order valence-electron chi connectivity index (χ2n) is 4.54. The molecule has 0 saturated heterocycles. The lowest BCUT2D eigenvalue weighted by molar-refractivity contribution is 0.422. The van der Waals surface area contributed by atoms with Crippen LogP contribution in [0.15, 0.2) is 23.0 Å². The summed E-state index contributed by atoms with van der Waals surface area (Å²) in [5, 5.41) is 9.03. The van der Waals surface area contributed by atoms with E-state index >= 15 is 0 Å². The maximum absolute atomic E-state index is 5.45. The summed E-state index contributed by atoms with van der Waals surface area (Å²) in [5.74, 6) is 0.903. The standard InChI is InChI=1S/C12H14N6O/c1-7(2)18-11-8(6-15-18)3-9(5-14-11)12-16-10(4-13)17-19-12/h3,5-7H,4,13H2,1-2H3. The van der Waals surface area contributed by atoms with Crippen LogP contribution in [0.2, 0.25) is 0 Å². The highest BCUT2D eigenvalue weighted by Crippen LogP contribution is 2.22. The van der Waals surface area contributed by atoms with Crippen LogP contribution in [0.25, 0.3) is 22.5 Å². The van der Waals surface area contributed by atoms with Gasteiger partial charge in [-0.1, -0.05) is 5.16 Å². The molecule has 0 bridgehead atoms. The van der Waals surface area contributed by atoms with Gasteiger partial charge in [0.05, 0.1) is 18.3 Å². The first kappa shape index (κ1) is 11.8. The van der Waals surface area contributed by atoms with Gasteiger partial charge in [-0.25, -0.2) is 9.67 Å². The molecule has 0 fully saturated rings. The average Bonchev–Trinajstić information content (AvgIpc) is 3.04. The third-order valence-corrected chi connectivity index (χ3v) is 2.82. The minimum atomic E-state index is 0.254. The molecule has 98 valence electrons. The summed E-state index contributed by atoms with van der Waals surface area (Å²) >= 11 is 0. The summed E-state index contributed by atoms with van der Waals surface area (Å²) in [6.45, 7) is 4.38. The molecule has 3 aromatic heterocycles. The Morgan fingerprint density at radius 2 is 2.21 bits per heavy atom. The third kappa shape index (κ3) is 1.97. The number of aromatic nitrogens is 5. The molecule has 0 saturated carbocycles. The van der Waals surface area contributed by atoms with E-state index in [1.165, 1.54) is 0 Å². The van der Waals surface area contributed by atoms with Crippen molar-refractivity contribution >= 4 is 11.0 Å². The van der Waals surface area contributed by atoms with Gasteiger partial charge in [0.1, 0.15) is 0 Å². The van der Waals surface area contributed by atoms with E-state index < -0.39 is 0 Å². The van der Waals surface area contributed by atoms with Crippen molar-refractivity contribution in [3.05, 3.63) is 24.3 Å². The number of rotatable bonds is 3. The van der Waals surface area contributed by atoms with Crippen molar-refractivity contribution in [2.24, 2.45) is 5.73 Å². The summed E-state index contributed by atoms with van der Waals surface area (Å²) in [4.78, 5) is 8.59. The van der Waals surface area contributed by atoms with Gasteiger partial charge in [0.15, 0.2) is 11.5 Å². The van der Waals surface area contributed by atoms with Crippen LogP contribution in [-0.4, -0.2) is 24.9 Å². The first-order valence-electron chi connectivity index (χ1n) is 6.05. The molecule has 3 aromatic rings. The molecule has 3 heterocycles. The van der Waals surface area contributed by atoms with Gasteiger partial charge in [-0.15, -0.1) is 0 Å². The maximum atomic E-state index is 5.45. The highest BCUT2D eigenvalue weighted by atomic mass is 16.5. The number of hydrogen-bond donors (Lipinski definition) is 1. The SMILES string of the molecule is CC(C)n1ncc2cc(-c3nc(CN)no3)cnc21. The van der Waals surface area contributed by atoms with E-state index in [0.717, 1.165) is 16.6 Å². The summed E-state index contributed by atoms with van der Waals surface area (Å²) in [5.41, 5.74) is 7.07. The second-order valence-corrected chi connectivity index (χ2v) is 4.54. The Morgan fingerprint density at radius 1 is 1.37 bits per heavy atom. The minimum absolute atomic E-state index is 0.254. The van der Waals surface area contributed by atoms with Crippen LogP contribution in [0, 0.1) is 0 Å². The van der Waals surface area contributed by atoms with Gasteiger partial charge in [0.2, 0.25) is 0 Å². The summed E-state index contributed by atoms with van der Waals surface area (Å²) in [6, 6.07) is 2.20. The summed E-state index contributed by atoms with van der Waals surface area (Å²) in [7, 11) is 0. The quantitative estimate of drug-likeness (QED) is 0.765. The van der Waals surface area contributed by atoms with Crippen LogP contribution in [0.3, 0.4) is 0 Å². The molecule has 7 heteroatoms. The van der Waals surface area contributed by atoms with Crippen LogP contribution < -0.4 is 5.73 Å². The Labute approximate surface area is 109 Å². The molecule has 2 N–H and O–H groups in total. The van der Waals surface area contributed by atoms with Crippen molar-refractivity contribution in [1.29, 1.82) is 0 Å². The fourth-order valence-corrected chi connectivity index (χ4v) is 1.89. The fraction of sp³-hybridized carbons (Fsp3) is 0.333. The van der Waals surface area contributed by atoms with Gasteiger partial charge in [-0.3, -0.25) is 0 Å². The Bertz CT molecular complexity index is 714. The molecule has 0 aliphatic carbocycles. The molecule has 0 atom stereocenters. The van der Waals surface area contributed by atoms with E-state index in [9.17, 15) is 0 Å². The predicted molar refractivity (Wildman–Crippen MR) is 69.1 cm³/mol.